The van der Waals surface area contributed by atoms with Crippen LogP contribution in [0.1, 0.15) is 17.0 Å². The van der Waals surface area contributed by atoms with Gasteiger partial charge < -0.3 is 24.8 Å². The lowest BCUT2D eigenvalue weighted by atomic mass is 9.55. The van der Waals surface area contributed by atoms with Gasteiger partial charge in [-0.05, 0) is 28.8 Å². The van der Waals surface area contributed by atoms with Crippen LogP contribution >= 0.6 is 0 Å². The Morgan fingerprint density at radius 1 is 1.14 bits per heavy atom. The Balaban J connectivity index is 1.93. The summed E-state index contributed by atoms with van der Waals surface area (Å²) in [6.07, 6.45) is 4.20. The van der Waals surface area contributed by atoms with Gasteiger partial charge in [-0.3, -0.25) is 9.59 Å². The lowest BCUT2D eigenvalue weighted by Crippen LogP contribution is -2.56. The van der Waals surface area contributed by atoms with Crippen LogP contribution in [0.3, 0.4) is 0 Å². The fourth-order valence-electron chi connectivity index (χ4n) is 4.86. The number of hydrogen-bond donors (Lipinski definition) is 3. The van der Waals surface area contributed by atoms with Crippen LogP contribution in [-0.4, -0.2) is 47.3 Å². The van der Waals surface area contributed by atoms with Crippen LogP contribution in [0.15, 0.2) is 35.9 Å². The van der Waals surface area contributed by atoms with Crippen molar-refractivity contribution in [2.75, 3.05) is 14.2 Å². The lowest BCUT2D eigenvalue weighted by molar-refractivity contribution is -0.166. The molecule has 1 aromatic rings. The summed E-state index contributed by atoms with van der Waals surface area (Å²) in [4.78, 5) is 37.3. The van der Waals surface area contributed by atoms with Crippen molar-refractivity contribution in [2.45, 2.75) is 11.5 Å². The maximum atomic E-state index is 13.3. The third kappa shape index (κ3) is 2.12. The number of carbonyl (C=O) groups is 3. The molecule has 0 aliphatic heterocycles. The summed E-state index contributed by atoms with van der Waals surface area (Å²) in [5.41, 5.74) is -0.922. The van der Waals surface area contributed by atoms with Gasteiger partial charge in [-0.2, -0.15) is 0 Å². The molecule has 8 nitrogen and oxygen atoms in total. The Hall–Kier alpha value is -3.13. The Morgan fingerprint density at radius 2 is 1.82 bits per heavy atom. The van der Waals surface area contributed by atoms with E-state index in [-0.39, 0.29) is 5.56 Å². The van der Waals surface area contributed by atoms with E-state index >= 15 is 0 Å². The van der Waals surface area contributed by atoms with E-state index in [1.54, 1.807) is 6.08 Å². The monoisotopic (exact) mass is 386 g/mol. The van der Waals surface area contributed by atoms with E-state index in [2.05, 4.69) is 4.74 Å². The van der Waals surface area contributed by atoms with E-state index in [4.69, 9.17) is 4.74 Å². The average Bonchev–Trinajstić information content (AvgIpc) is 2.89. The van der Waals surface area contributed by atoms with Gasteiger partial charge in [0.05, 0.1) is 26.1 Å². The molecule has 4 aliphatic carbocycles. The van der Waals surface area contributed by atoms with E-state index in [0.29, 0.717) is 11.1 Å². The number of methoxy groups -OCH3 is 2. The highest BCUT2D eigenvalue weighted by Gasteiger charge is 2.69. The number of aromatic hydroxyl groups is 2. The second-order valence-electron chi connectivity index (χ2n) is 7.16. The highest BCUT2D eigenvalue weighted by Crippen LogP contribution is 2.65. The van der Waals surface area contributed by atoms with Gasteiger partial charge in [-0.15, -0.1) is 0 Å². The van der Waals surface area contributed by atoms with Crippen molar-refractivity contribution >= 4 is 17.7 Å². The topological polar surface area (TPSA) is 130 Å². The van der Waals surface area contributed by atoms with Crippen LogP contribution < -0.4 is 0 Å². The summed E-state index contributed by atoms with van der Waals surface area (Å²) >= 11 is 0. The van der Waals surface area contributed by atoms with E-state index in [0.717, 1.165) is 12.1 Å². The molecule has 5 unspecified atom stereocenters. The Kier molecular flexibility index (Phi) is 3.87. The highest BCUT2D eigenvalue weighted by molar-refractivity contribution is 6.02. The largest absolute Gasteiger partial charge is 0.504 e. The van der Waals surface area contributed by atoms with E-state index in [1.165, 1.54) is 26.4 Å². The zero-order chi connectivity index (χ0) is 20.4. The van der Waals surface area contributed by atoms with E-state index in [1.807, 2.05) is 0 Å². The molecule has 4 aliphatic rings. The number of aliphatic hydroxyl groups is 1. The standard InChI is InChI=1S/C20H18O8/c1-27-14(23)4-3-8-5-11-16-9-6-12(21)13(22)7-10(9)20(11,26)18(24)15(8)17(16)19(25)28-2/h3-7,11,15-17,21-22,26H,1-2H3/b4-3+. The number of allylic oxidation sites excluding steroid dienone is 2. The summed E-state index contributed by atoms with van der Waals surface area (Å²) in [5.74, 6) is -6.12. The molecule has 0 saturated heterocycles. The zero-order valence-electron chi connectivity index (χ0n) is 15.1. The molecule has 8 heteroatoms. The number of carbonyl (C=O) groups excluding carboxylic acids is 3. The van der Waals surface area contributed by atoms with Crippen molar-refractivity contribution in [2.24, 2.45) is 17.8 Å². The molecule has 1 saturated carbocycles. The van der Waals surface area contributed by atoms with Crippen molar-refractivity contribution in [3.05, 3.63) is 47.1 Å². The lowest BCUT2D eigenvalue weighted by Gasteiger charge is -2.47. The zero-order valence-corrected chi connectivity index (χ0v) is 15.1. The van der Waals surface area contributed by atoms with Gasteiger partial charge in [0, 0.05) is 17.9 Å². The van der Waals surface area contributed by atoms with Crippen LogP contribution in [0, 0.1) is 17.8 Å². The Labute approximate surface area is 159 Å². The maximum Gasteiger partial charge on any atom is 0.330 e. The summed E-state index contributed by atoms with van der Waals surface area (Å²) in [6.45, 7) is 0. The minimum atomic E-state index is -1.93. The first kappa shape index (κ1) is 18.2. The van der Waals surface area contributed by atoms with Gasteiger partial charge in [0.25, 0.3) is 0 Å². The number of ether oxygens (including phenoxy) is 2. The minimum Gasteiger partial charge on any atom is -0.504 e. The molecule has 4 bridgehead atoms. The van der Waals surface area contributed by atoms with Crippen LogP contribution in [0.25, 0.3) is 0 Å². The predicted molar refractivity (Wildman–Crippen MR) is 93.1 cm³/mol. The molecule has 5 atom stereocenters. The van der Waals surface area contributed by atoms with E-state index in [9.17, 15) is 29.7 Å². The smallest absolute Gasteiger partial charge is 0.330 e. The van der Waals surface area contributed by atoms with Gasteiger partial charge in [0.2, 0.25) is 0 Å². The molecule has 1 fully saturated rings. The summed E-state index contributed by atoms with van der Waals surface area (Å²) in [6, 6.07) is 2.43. The summed E-state index contributed by atoms with van der Waals surface area (Å²) < 4.78 is 9.47. The molecule has 146 valence electrons. The maximum absolute atomic E-state index is 13.3. The van der Waals surface area contributed by atoms with Crippen molar-refractivity contribution in [3.8, 4) is 11.5 Å². The van der Waals surface area contributed by atoms with Crippen molar-refractivity contribution in [1.29, 1.82) is 0 Å². The van der Waals surface area contributed by atoms with Crippen molar-refractivity contribution in [1.82, 2.24) is 0 Å². The normalized spacial score (nSPS) is 32.2. The summed E-state index contributed by atoms with van der Waals surface area (Å²) in [5, 5.41) is 31.1. The number of benzene rings is 1. The number of rotatable bonds is 3. The molecule has 5 rings (SSSR count). The molecule has 3 N–H and O–H groups in total. The number of hydrogen-bond acceptors (Lipinski definition) is 8. The average molecular weight is 386 g/mol. The second-order valence-corrected chi connectivity index (χ2v) is 7.16. The number of fused-ring (bicyclic) bond motifs is 1. The first-order valence-corrected chi connectivity index (χ1v) is 8.64. The van der Waals surface area contributed by atoms with E-state index < -0.39 is 58.5 Å². The van der Waals surface area contributed by atoms with Gasteiger partial charge in [0.15, 0.2) is 22.9 Å². The third-order valence-corrected chi connectivity index (χ3v) is 6.01. The number of ketones is 1. The van der Waals surface area contributed by atoms with Gasteiger partial charge in [-0.1, -0.05) is 12.2 Å². The molecular weight excluding hydrogens is 368 g/mol. The quantitative estimate of drug-likeness (QED) is 0.392. The Morgan fingerprint density at radius 3 is 2.46 bits per heavy atom. The van der Waals surface area contributed by atoms with Crippen LogP contribution in [0.4, 0.5) is 0 Å². The molecule has 1 aromatic carbocycles. The number of phenolic OH excluding ortho intramolecular Hbond substituents is 2. The van der Waals surface area contributed by atoms with Crippen LogP contribution in [-0.2, 0) is 29.5 Å². The van der Waals surface area contributed by atoms with Crippen LogP contribution in [0.5, 0.6) is 11.5 Å². The SMILES string of the molecule is COC(=O)/C=C/C1=CC2C3c4cc(O)c(O)cc4C2(O)C(=O)C1C3C(=O)OC. The molecule has 0 radical (unpaired) electrons. The number of phenols is 2. The highest BCUT2D eigenvalue weighted by atomic mass is 16.5. The predicted octanol–water partition coefficient (Wildman–Crippen LogP) is 0.656. The van der Waals surface area contributed by atoms with Crippen molar-refractivity contribution < 1.29 is 39.2 Å². The molecule has 28 heavy (non-hydrogen) atoms. The number of esters is 2. The fraction of sp³-hybridized carbons (Fsp3) is 0.350. The molecular formula is C20H18O8. The first-order chi connectivity index (χ1) is 13.2. The molecule has 0 heterocycles. The molecule has 0 amide bonds. The molecule has 0 spiro atoms. The minimum absolute atomic E-state index is 0.173. The van der Waals surface area contributed by atoms with Gasteiger partial charge in [-0.25, -0.2) is 4.79 Å². The first-order valence-electron chi connectivity index (χ1n) is 8.64. The van der Waals surface area contributed by atoms with Crippen LogP contribution in [0.2, 0.25) is 0 Å². The number of Topliss-reactive ketones (excluding diaryl/α,β-unsaturated/α-hetero) is 1. The Bertz CT molecular complexity index is 975. The third-order valence-electron chi connectivity index (χ3n) is 6.01. The fourth-order valence-corrected chi connectivity index (χ4v) is 4.86. The second kappa shape index (κ2) is 5.93. The van der Waals surface area contributed by atoms with Crippen molar-refractivity contribution in [3.63, 3.8) is 0 Å². The van der Waals surface area contributed by atoms with Gasteiger partial charge >= 0.3 is 11.9 Å². The summed E-state index contributed by atoms with van der Waals surface area (Å²) in [7, 11) is 2.42. The molecule has 0 aromatic heterocycles. The van der Waals surface area contributed by atoms with Gasteiger partial charge in [0.1, 0.15) is 0 Å².